The predicted octanol–water partition coefficient (Wildman–Crippen LogP) is 0.0107. The molecule has 1 rings (SSSR count). The molecule has 0 aliphatic heterocycles. The maximum atomic E-state index is 11.3. The second-order valence-corrected chi connectivity index (χ2v) is 3.84. The van der Waals surface area contributed by atoms with Gasteiger partial charge in [0.25, 0.3) is 0 Å². The number of aromatic nitrogens is 2. The molecule has 0 saturated heterocycles. The van der Waals surface area contributed by atoms with E-state index in [1.165, 1.54) is 0 Å². The molecular weight excluding hydrogens is 234 g/mol. The lowest BCUT2D eigenvalue weighted by Crippen LogP contribution is -2.32. The molecule has 0 aromatic carbocycles. The summed E-state index contributed by atoms with van der Waals surface area (Å²) in [5, 5.41) is 10.5. The molecule has 0 saturated carbocycles. The van der Waals surface area contributed by atoms with Crippen LogP contribution in [0.3, 0.4) is 0 Å². The van der Waals surface area contributed by atoms with Crippen LogP contribution in [0.25, 0.3) is 0 Å². The molecule has 1 atom stereocenters. The molecule has 0 radical (unpaired) electrons. The number of nitro groups is 1. The van der Waals surface area contributed by atoms with E-state index >= 15 is 0 Å². The van der Waals surface area contributed by atoms with Crippen molar-refractivity contribution in [2.75, 3.05) is 5.75 Å². The summed E-state index contributed by atoms with van der Waals surface area (Å²) in [6, 6.07) is 0. The third-order valence-corrected chi connectivity index (χ3v) is 2.63. The van der Waals surface area contributed by atoms with E-state index < -0.39 is 21.9 Å². The van der Waals surface area contributed by atoms with Gasteiger partial charge in [0.15, 0.2) is 0 Å². The van der Waals surface area contributed by atoms with Gasteiger partial charge >= 0.3 is 16.9 Å². The highest BCUT2D eigenvalue weighted by Gasteiger charge is 2.15. The first-order valence-electron chi connectivity index (χ1n) is 4.54. The number of rotatable bonds is 4. The SMILES string of the molecule is CC(CS)Cn1cc([N+](=O)[O-])c(=O)[nH]c1=O. The van der Waals surface area contributed by atoms with E-state index in [-0.39, 0.29) is 12.5 Å². The number of nitrogens with one attached hydrogen (secondary N) is 1. The van der Waals surface area contributed by atoms with Crippen LogP contribution in [-0.2, 0) is 6.54 Å². The van der Waals surface area contributed by atoms with Crippen molar-refractivity contribution in [3.8, 4) is 0 Å². The van der Waals surface area contributed by atoms with Gasteiger partial charge in [-0.15, -0.1) is 0 Å². The molecule has 0 fully saturated rings. The zero-order valence-corrected chi connectivity index (χ0v) is 9.44. The van der Waals surface area contributed by atoms with Crippen molar-refractivity contribution in [1.82, 2.24) is 9.55 Å². The normalized spacial score (nSPS) is 12.4. The minimum Gasteiger partial charge on any atom is -0.293 e. The van der Waals surface area contributed by atoms with Gasteiger partial charge in [0.2, 0.25) is 0 Å². The summed E-state index contributed by atoms with van der Waals surface area (Å²) >= 11 is 4.05. The molecule has 0 amide bonds. The molecule has 1 aromatic heterocycles. The van der Waals surface area contributed by atoms with Crippen LogP contribution in [0.1, 0.15) is 6.92 Å². The second-order valence-electron chi connectivity index (χ2n) is 3.47. The molecule has 88 valence electrons. The van der Waals surface area contributed by atoms with Gasteiger partial charge in [0.1, 0.15) is 0 Å². The lowest BCUT2D eigenvalue weighted by molar-refractivity contribution is -0.386. The number of nitrogens with zero attached hydrogens (tertiary/aromatic N) is 2. The Morgan fingerprint density at radius 2 is 2.25 bits per heavy atom. The Bertz CT molecular complexity index is 507. The minimum atomic E-state index is -0.982. The summed E-state index contributed by atoms with van der Waals surface area (Å²) in [4.78, 5) is 34.0. The molecule has 1 N–H and O–H groups in total. The van der Waals surface area contributed by atoms with E-state index in [4.69, 9.17) is 0 Å². The highest BCUT2D eigenvalue weighted by atomic mass is 32.1. The van der Waals surface area contributed by atoms with Crippen LogP contribution in [0.5, 0.6) is 0 Å². The Kier molecular flexibility index (Phi) is 3.88. The number of hydrogen-bond donors (Lipinski definition) is 2. The average Bonchev–Trinajstić information content (AvgIpc) is 2.21. The van der Waals surface area contributed by atoms with Crippen molar-refractivity contribution in [2.24, 2.45) is 5.92 Å². The van der Waals surface area contributed by atoms with E-state index in [2.05, 4.69) is 12.6 Å². The maximum Gasteiger partial charge on any atom is 0.350 e. The molecular formula is C8H11N3O4S. The van der Waals surface area contributed by atoms with Crippen molar-refractivity contribution in [3.63, 3.8) is 0 Å². The van der Waals surface area contributed by atoms with Gasteiger partial charge in [-0.05, 0) is 11.7 Å². The third-order valence-electron chi connectivity index (χ3n) is 2.01. The second kappa shape index (κ2) is 4.97. The van der Waals surface area contributed by atoms with Gasteiger partial charge in [-0.2, -0.15) is 12.6 Å². The standard InChI is InChI=1S/C8H11N3O4S/c1-5(4-16)2-10-3-6(11(14)15)7(12)9-8(10)13/h3,5,16H,2,4H2,1H3,(H,9,12,13). The monoisotopic (exact) mass is 245 g/mol. The molecule has 16 heavy (non-hydrogen) atoms. The summed E-state index contributed by atoms with van der Waals surface area (Å²) < 4.78 is 1.11. The van der Waals surface area contributed by atoms with Crippen LogP contribution in [0.15, 0.2) is 15.8 Å². The van der Waals surface area contributed by atoms with Crippen LogP contribution in [0.4, 0.5) is 5.69 Å². The predicted molar refractivity (Wildman–Crippen MR) is 61.0 cm³/mol. The lowest BCUT2D eigenvalue weighted by Gasteiger charge is -2.09. The van der Waals surface area contributed by atoms with Gasteiger partial charge in [0, 0.05) is 6.54 Å². The van der Waals surface area contributed by atoms with E-state index in [1.807, 2.05) is 11.9 Å². The highest BCUT2D eigenvalue weighted by molar-refractivity contribution is 7.80. The first-order valence-corrected chi connectivity index (χ1v) is 5.18. The fourth-order valence-electron chi connectivity index (χ4n) is 1.16. The zero-order valence-electron chi connectivity index (χ0n) is 8.54. The lowest BCUT2D eigenvalue weighted by atomic mass is 10.2. The molecule has 1 heterocycles. The van der Waals surface area contributed by atoms with E-state index in [0.29, 0.717) is 5.75 Å². The molecule has 0 bridgehead atoms. The molecule has 0 aliphatic rings. The van der Waals surface area contributed by atoms with Crippen LogP contribution >= 0.6 is 12.6 Å². The minimum absolute atomic E-state index is 0.0755. The zero-order chi connectivity index (χ0) is 12.3. The largest absolute Gasteiger partial charge is 0.350 e. The summed E-state index contributed by atoms with van der Waals surface area (Å²) in [5.41, 5.74) is -2.26. The summed E-state index contributed by atoms with van der Waals surface area (Å²) in [6.45, 7) is 2.12. The molecule has 0 aliphatic carbocycles. The van der Waals surface area contributed by atoms with Gasteiger partial charge in [-0.3, -0.25) is 24.5 Å². The molecule has 1 aromatic rings. The number of hydrogen-bond acceptors (Lipinski definition) is 5. The van der Waals surface area contributed by atoms with E-state index in [0.717, 1.165) is 10.8 Å². The van der Waals surface area contributed by atoms with Crippen molar-refractivity contribution in [2.45, 2.75) is 13.5 Å². The quantitative estimate of drug-likeness (QED) is 0.443. The fourth-order valence-corrected chi connectivity index (χ4v) is 1.27. The molecule has 1 unspecified atom stereocenters. The Hall–Kier alpha value is -1.57. The van der Waals surface area contributed by atoms with Crippen molar-refractivity contribution < 1.29 is 4.92 Å². The van der Waals surface area contributed by atoms with Crippen molar-refractivity contribution in [1.29, 1.82) is 0 Å². The Morgan fingerprint density at radius 1 is 1.62 bits per heavy atom. The first-order chi connectivity index (χ1) is 7.45. The maximum absolute atomic E-state index is 11.3. The third kappa shape index (κ3) is 2.72. The first kappa shape index (κ1) is 12.5. The van der Waals surface area contributed by atoms with Crippen molar-refractivity contribution in [3.05, 3.63) is 37.1 Å². The smallest absolute Gasteiger partial charge is 0.293 e. The number of thiol groups is 1. The van der Waals surface area contributed by atoms with Crippen LogP contribution < -0.4 is 11.2 Å². The summed E-state index contributed by atoms with van der Waals surface area (Å²) in [7, 11) is 0. The molecule has 0 spiro atoms. The van der Waals surface area contributed by atoms with Crippen LogP contribution in [0.2, 0.25) is 0 Å². The van der Waals surface area contributed by atoms with Crippen LogP contribution in [0, 0.1) is 16.0 Å². The Balaban J connectivity index is 3.20. The van der Waals surface area contributed by atoms with E-state index in [1.54, 1.807) is 0 Å². The van der Waals surface area contributed by atoms with Gasteiger partial charge in [0.05, 0.1) is 11.1 Å². The van der Waals surface area contributed by atoms with Gasteiger partial charge in [-0.25, -0.2) is 4.79 Å². The summed E-state index contributed by atoms with van der Waals surface area (Å²) in [5.74, 6) is 0.617. The number of aromatic amines is 1. The average molecular weight is 245 g/mol. The van der Waals surface area contributed by atoms with E-state index in [9.17, 15) is 19.7 Å². The molecule has 7 nitrogen and oxygen atoms in total. The fraction of sp³-hybridized carbons (Fsp3) is 0.500. The van der Waals surface area contributed by atoms with Gasteiger partial charge < -0.3 is 0 Å². The summed E-state index contributed by atoms with van der Waals surface area (Å²) in [6.07, 6.45) is 0.959. The number of H-pyrrole nitrogens is 1. The van der Waals surface area contributed by atoms with Crippen LogP contribution in [-0.4, -0.2) is 20.2 Å². The van der Waals surface area contributed by atoms with Gasteiger partial charge in [-0.1, -0.05) is 6.92 Å². The topological polar surface area (TPSA) is 98.0 Å². The molecule has 8 heteroatoms. The van der Waals surface area contributed by atoms with Crippen molar-refractivity contribution >= 4 is 18.3 Å². The Morgan fingerprint density at radius 3 is 2.75 bits per heavy atom. The highest BCUT2D eigenvalue weighted by Crippen LogP contribution is 2.03. The Labute approximate surface area is 95.7 Å².